The fraction of sp³-hybridized carbons (Fsp3) is 0.600. The predicted octanol–water partition coefficient (Wildman–Crippen LogP) is 2.70. The van der Waals surface area contributed by atoms with Gasteiger partial charge in [-0.05, 0) is 37.1 Å². The molecule has 2 aliphatic rings. The van der Waals surface area contributed by atoms with E-state index in [0.29, 0.717) is 11.5 Å². The van der Waals surface area contributed by atoms with Gasteiger partial charge in [0, 0.05) is 25.3 Å². The van der Waals surface area contributed by atoms with Crippen LogP contribution in [0.1, 0.15) is 31.7 Å². The lowest BCUT2D eigenvalue weighted by Crippen LogP contribution is -2.75. The summed E-state index contributed by atoms with van der Waals surface area (Å²) in [5, 5.41) is 0. The molecule has 92 valence electrons. The summed E-state index contributed by atoms with van der Waals surface area (Å²) in [5.74, 6) is 0.629. The first-order valence-corrected chi connectivity index (χ1v) is 6.67. The van der Waals surface area contributed by atoms with E-state index in [0.717, 1.165) is 0 Å². The molecule has 2 heterocycles. The number of likely N-dealkylation sites (tertiary alicyclic amines) is 1. The van der Waals surface area contributed by atoms with E-state index in [1.807, 2.05) is 0 Å². The molecule has 1 aromatic rings. The second-order valence-corrected chi connectivity index (χ2v) is 6.00. The highest BCUT2D eigenvalue weighted by Crippen LogP contribution is 2.40. The Kier molecular flexibility index (Phi) is 2.44. The van der Waals surface area contributed by atoms with Crippen LogP contribution in [-0.4, -0.2) is 37.1 Å². The highest BCUT2D eigenvalue weighted by molar-refractivity contribution is 5.52. The van der Waals surface area contributed by atoms with Crippen LogP contribution in [0.25, 0.3) is 0 Å². The van der Waals surface area contributed by atoms with Crippen LogP contribution in [0.3, 0.4) is 0 Å². The minimum Gasteiger partial charge on any atom is -0.368 e. The predicted molar refractivity (Wildman–Crippen MR) is 72.7 cm³/mol. The molecule has 2 saturated heterocycles. The number of likely N-dealkylation sites (N-methyl/N-ethyl adjacent to an activating group) is 1. The summed E-state index contributed by atoms with van der Waals surface area (Å²) in [4.78, 5) is 5.01. The monoisotopic (exact) mass is 230 g/mol. The fourth-order valence-electron chi connectivity index (χ4n) is 2.97. The summed E-state index contributed by atoms with van der Waals surface area (Å²) >= 11 is 0. The molecule has 0 radical (unpaired) electrons. The molecule has 0 atom stereocenters. The Morgan fingerprint density at radius 2 is 1.76 bits per heavy atom. The molecule has 0 amide bonds. The molecule has 0 aromatic heterocycles. The van der Waals surface area contributed by atoms with E-state index >= 15 is 0 Å². The van der Waals surface area contributed by atoms with Crippen LogP contribution in [-0.2, 0) is 0 Å². The maximum atomic E-state index is 2.51. The summed E-state index contributed by atoms with van der Waals surface area (Å²) in [6.07, 6.45) is 1.38. The van der Waals surface area contributed by atoms with Crippen LogP contribution >= 0.6 is 0 Å². The molecule has 2 heteroatoms. The third kappa shape index (κ3) is 1.66. The molecule has 1 spiro atoms. The first kappa shape index (κ1) is 11.1. The zero-order valence-electron chi connectivity index (χ0n) is 11.1. The van der Waals surface area contributed by atoms with Crippen molar-refractivity contribution in [3.63, 3.8) is 0 Å². The molecule has 0 aliphatic carbocycles. The maximum Gasteiger partial charge on any atom is 0.0569 e. The molecular formula is C15H22N2. The van der Waals surface area contributed by atoms with Crippen LogP contribution in [0.5, 0.6) is 0 Å². The van der Waals surface area contributed by atoms with E-state index in [1.54, 1.807) is 0 Å². The van der Waals surface area contributed by atoms with Crippen molar-refractivity contribution in [2.45, 2.75) is 31.7 Å². The van der Waals surface area contributed by atoms with Crippen LogP contribution in [0.15, 0.2) is 24.3 Å². The normalized spacial score (nSPS) is 22.7. The van der Waals surface area contributed by atoms with Crippen molar-refractivity contribution in [1.29, 1.82) is 0 Å². The van der Waals surface area contributed by atoms with Gasteiger partial charge in [0.15, 0.2) is 0 Å². The Morgan fingerprint density at radius 3 is 2.18 bits per heavy atom. The van der Waals surface area contributed by atoms with Crippen molar-refractivity contribution in [3.05, 3.63) is 29.8 Å². The Bertz CT molecular complexity index is 401. The van der Waals surface area contributed by atoms with Gasteiger partial charge in [0.2, 0.25) is 0 Å². The third-order valence-electron chi connectivity index (χ3n) is 4.62. The highest BCUT2D eigenvalue weighted by atomic mass is 15.4. The lowest BCUT2D eigenvalue weighted by Gasteiger charge is -2.62. The molecule has 0 saturated carbocycles. The van der Waals surface area contributed by atoms with Gasteiger partial charge in [-0.3, -0.25) is 4.90 Å². The molecule has 2 fully saturated rings. The second-order valence-electron chi connectivity index (χ2n) is 6.00. The number of anilines is 1. The van der Waals surface area contributed by atoms with Gasteiger partial charge in [-0.25, -0.2) is 0 Å². The molecule has 0 unspecified atom stereocenters. The molecule has 2 aliphatic heterocycles. The summed E-state index contributed by atoms with van der Waals surface area (Å²) in [6, 6.07) is 9.10. The SMILES string of the molecule is CC(C)c1ccc(N2CC3(CCN3C)C2)cc1. The summed E-state index contributed by atoms with van der Waals surface area (Å²) in [5.41, 5.74) is 3.35. The van der Waals surface area contributed by atoms with E-state index in [-0.39, 0.29) is 0 Å². The fourth-order valence-corrected chi connectivity index (χ4v) is 2.97. The molecule has 1 aromatic carbocycles. The Labute approximate surface area is 104 Å². The maximum absolute atomic E-state index is 2.51. The number of benzene rings is 1. The van der Waals surface area contributed by atoms with Gasteiger partial charge >= 0.3 is 0 Å². The first-order chi connectivity index (χ1) is 8.11. The Balaban J connectivity index is 1.67. The molecule has 0 bridgehead atoms. The van der Waals surface area contributed by atoms with Gasteiger partial charge in [-0.2, -0.15) is 0 Å². The van der Waals surface area contributed by atoms with Crippen molar-refractivity contribution in [3.8, 4) is 0 Å². The van der Waals surface area contributed by atoms with Crippen molar-refractivity contribution >= 4 is 5.69 Å². The van der Waals surface area contributed by atoms with Gasteiger partial charge in [0.25, 0.3) is 0 Å². The van der Waals surface area contributed by atoms with Gasteiger partial charge in [0.05, 0.1) is 5.54 Å². The highest BCUT2D eigenvalue weighted by Gasteiger charge is 2.51. The van der Waals surface area contributed by atoms with Gasteiger partial charge in [-0.15, -0.1) is 0 Å². The van der Waals surface area contributed by atoms with Crippen molar-refractivity contribution < 1.29 is 0 Å². The average Bonchev–Trinajstić information content (AvgIpc) is 2.26. The quantitative estimate of drug-likeness (QED) is 0.771. The number of nitrogens with zero attached hydrogens (tertiary/aromatic N) is 2. The average molecular weight is 230 g/mol. The van der Waals surface area contributed by atoms with E-state index in [4.69, 9.17) is 0 Å². The Morgan fingerprint density at radius 1 is 1.12 bits per heavy atom. The number of rotatable bonds is 2. The van der Waals surface area contributed by atoms with Crippen LogP contribution < -0.4 is 4.90 Å². The lowest BCUT2D eigenvalue weighted by molar-refractivity contribution is -0.0127. The number of hydrogen-bond acceptors (Lipinski definition) is 2. The van der Waals surface area contributed by atoms with Crippen molar-refractivity contribution in [2.24, 2.45) is 0 Å². The van der Waals surface area contributed by atoms with Crippen molar-refractivity contribution in [1.82, 2.24) is 4.90 Å². The minimum atomic E-state index is 0.525. The van der Waals surface area contributed by atoms with Crippen molar-refractivity contribution in [2.75, 3.05) is 31.6 Å². The standard InChI is InChI=1S/C15H22N2/c1-12(2)13-4-6-14(7-5-13)17-10-15(11-17)8-9-16(15)3/h4-7,12H,8-11H2,1-3H3. The molecule has 3 rings (SSSR count). The third-order valence-corrected chi connectivity index (χ3v) is 4.62. The van der Waals surface area contributed by atoms with Crippen LogP contribution in [0, 0.1) is 0 Å². The van der Waals surface area contributed by atoms with Gasteiger partial charge in [-0.1, -0.05) is 26.0 Å². The topological polar surface area (TPSA) is 6.48 Å². The van der Waals surface area contributed by atoms with Gasteiger partial charge in [0.1, 0.15) is 0 Å². The number of hydrogen-bond donors (Lipinski definition) is 0. The van der Waals surface area contributed by atoms with E-state index in [2.05, 4.69) is 55.0 Å². The summed E-state index contributed by atoms with van der Waals surface area (Å²) < 4.78 is 0. The minimum absolute atomic E-state index is 0.525. The van der Waals surface area contributed by atoms with E-state index in [9.17, 15) is 0 Å². The molecule has 0 N–H and O–H groups in total. The lowest BCUT2D eigenvalue weighted by atomic mass is 9.78. The first-order valence-electron chi connectivity index (χ1n) is 6.67. The van der Waals surface area contributed by atoms with E-state index < -0.39 is 0 Å². The van der Waals surface area contributed by atoms with Crippen LogP contribution in [0.2, 0.25) is 0 Å². The van der Waals surface area contributed by atoms with Gasteiger partial charge < -0.3 is 4.90 Å². The second kappa shape index (κ2) is 3.74. The van der Waals surface area contributed by atoms with Crippen LogP contribution in [0.4, 0.5) is 5.69 Å². The largest absolute Gasteiger partial charge is 0.368 e. The summed E-state index contributed by atoms with van der Waals surface area (Å²) in [7, 11) is 2.25. The zero-order valence-corrected chi connectivity index (χ0v) is 11.1. The Hall–Kier alpha value is -1.02. The molecular weight excluding hydrogens is 208 g/mol. The molecule has 2 nitrogen and oxygen atoms in total. The molecule has 17 heavy (non-hydrogen) atoms. The van der Waals surface area contributed by atoms with E-state index in [1.165, 1.54) is 37.3 Å². The summed E-state index contributed by atoms with van der Waals surface area (Å²) in [6.45, 7) is 8.20. The zero-order chi connectivity index (χ0) is 12.0. The smallest absolute Gasteiger partial charge is 0.0569 e.